The molecule has 2 aromatic carbocycles. The van der Waals surface area contributed by atoms with Gasteiger partial charge >= 0.3 is 5.97 Å². The third kappa shape index (κ3) is 6.80. The number of Topliss-reactive ketones (excluding diaryl/α,β-unsaturated/α-hetero) is 1. The minimum absolute atomic E-state index is 0.0295. The number of nitrogens with zero attached hydrogens (tertiary/aromatic N) is 3. The Bertz CT molecular complexity index is 1490. The standard InChI is InChI=1S/C29H29ClFN5O5/c1-2-26(37)35-23-14-19-22(32-16-33-29(19)34-18-3-4-21(31)20(30)13-18)15-25(23)40-12-11-36-9-7-17(8-10-36)28(39)24-5-6-27(38)41-24/h2-4,13-17,24H,1,5-12H2,(H,35,37)(H,32,33,34)/t24-/m0/s1. The van der Waals surface area contributed by atoms with E-state index in [0.717, 1.165) is 19.2 Å². The molecular weight excluding hydrogens is 553 g/mol. The zero-order chi connectivity index (χ0) is 28.9. The molecule has 2 aliphatic rings. The maximum atomic E-state index is 13.6. The van der Waals surface area contributed by atoms with E-state index in [1.165, 1.54) is 24.5 Å². The van der Waals surface area contributed by atoms with Crippen molar-refractivity contribution in [3.05, 3.63) is 60.2 Å². The number of anilines is 3. The Balaban J connectivity index is 1.25. The molecule has 0 saturated carbocycles. The second-order valence-electron chi connectivity index (χ2n) is 9.92. The lowest BCUT2D eigenvalue weighted by atomic mass is 9.89. The van der Waals surface area contributed by atoms with Crippen LogP contribution in [0.4, 0.5) is 21.6 Å². The van der Waals surface area contributed by atoms with Gasteiger partial charge in [-0.05, 0) is 56.3 Å². The Morgan fingerprint density at radius 3 is 2.71 bits per heavy atom. The highest BCUT2D eigenvalue weighted by molar-refractivity contribution is 6.31. The van der Waals surface area contributed by atoms with Crippen LogP contribution in [0, 0.1) is 11.7 Å². The summed E-state index contributed by atoms with van der Waals surface area (Å²) in [5.74, 6) is -0.451. The molecule has 2 N–H and O–H groups in total. The second kappa shape index (κ2) is 12.6. The number of hydrogen-bond donors (Lipinski definition) is 2. The van der Waals surface area contributed by atoms with Crippen LogP contribution in [0.25, 0.3) is 10.9 Å². The molecule has 0 radical (unpaired) electrons. The van der Waals surface area contributed by atoms with E-state index in [0.29, 0.717) is 72.7 Å². The Morgan fingerprint density at radius 1 is 1.20 bits per heavy atom. The average molecular weight is 582 g/mol. The number of hydrogen-bond acceptors (Lipinski definition) is 9. The molecular formula is C29H29ClFN5O5. The number of ketones is 1. The van der Waals surface area contributed by atoms with Gasteiger partial charge in [-0.1, -0.05) is 18.2 Å². The Hall–Kier alpha value is -4.09. The van der Waals surface area contributed by atoms with Crippen molar-refractivity contribution in [2.75, 3.05) is 36.9 Å². The molecule has 1 amide bonds. The number of piperidine rings is 1. The number of halogens is 2. The van der Waals surface area contributed by atoms with E-state index in [9.17, 15) is 18.8 Å². The number of fused-ring (bicyclic) bond motifs is 1. The fourth-order valence-electron chi connectivity index (χ4n) is 5.01. The van der Waals surface area contributed by atoms with Crippen LogP contribution in [0.2, 0.25) is 5.02 Å². The first kappa shape index (κ1) is 28.4. The molecule has 10 nitrogen and oxygen atoms in total. The summed E-state index contributed by atoms with van der Waals surface area (Å²) in [6.45, 7) is 5.94. The summed E-state index contributed by atoms with van der Waals surface area (Å²) >= 11 is 5.92. The fourth-order valence-corrected chi connectivity index (χ4v) is 5.19. The zero-order valence-electron chi connectivity index (χ0n) is 22.2. The lowest BCUT2D eigenvalue weighted by Gasteiger charge is -2.31. The van der Waals surface area contributed by atoms with E-state index >= 15 is 0 Å². The summed E-state index contributed by atoms with van der Waals surface area (Å²) in [6, 6.07) is 7.65. The average Bonchev–Trinajstić information content (AvgIpc) is 3.41. The van der Waals surface area contributed by atoms with Crippen LogP contribution < -0.4 is 15.4 Å². The Labute approximate surface area is 240 Å². The monoisotopic (exact) mass is 581 g/mol. The molecule has 3 aromatic rings. The maximum absolute atomic E-state index is 13.6. The number of carbonyl (C=O) groups is 3. The molecule has 214 valence electrons. The number of ether oxygens (including phenoxy) is 2. The van der Waals surface area contributed by atoms with Crippen LogP contribution in [0.5, 0.6) is 5.75 Å². The first-order valence-electron chi connectivity index (χ1n) is 13.3. The molecule has 1 aromatic heterocycles. The van der Waals surface area contributed by atoms with Gasteiger partial charge in [-0.25, -0.2) is 14.4 Å². The number of benzene rings is 2. The van der Waals surface area contributed by atoms with Crippen molar-refractivity contribution in [3.63, 3.8) is 0 Å². The van der Waals surface area contributed by atoms with Crippen molar-refractivity contribution in [1.82, 2.24) is 14.9 Å². The topological polar surface area (TPSA) is 123 Å². The Kier molecular flexibility index (Phi) is 8.75. The molecule has 5 rings (SSSR count). The molecule has 0 bridgehead atoms. The van der Waals surface area contributed by atoms with E-state index in [2.05, 4.69) is 32.1 Å². The van der Waals surface area contributed by atoms with Crippen LogP contribution in [0.15, 0.2) is 49.3 Å². The van der Waals surface area contributed by atoms with Crippen molar-refractivity contribution >= 4 is 57.4 Å². The fraction of sp³-hybridized carbons (Fsp3) is 0.345. The third-order valence-electron chi connectivity index (χ3n) is 7.22. The van der Waals surface area contributed by atoms with Crippen molar-refractivity contribution < 1.29 is 28.2 Å². The SMILES string of the molecule is C=CC(=O)Nc1cc2c(Nc3ccc(F)c(Cl)c3)ncnc2cc1OCCN1CCC(C(=O)[C@@H]2CCC(=O)O2)CC1. The van der Waals surface area contributed by atoms with Gasteiger partial charge in [-0.15, -0.1) is 0 Å². The first-order chi connectivity index (χ1) is 19.8. The number of rotatable bonds is 10. The predicted molar refractivity (Wildman–Crippen MR) is 152 cm³/mol. The molecule has 0 unspecified atom stereocenters. The van der Waals surface area contributed by atoms with Crippen molar-refractivity contribution in [1.29, 1.82) is 0 Å². The summed E-state index contributed by atoms with van der Waals surface area (Å²) in [5.41, 5.74) is 1.50. The van der Waals surface area contributed by atoms with Gasteiger partial charge in [0.05, 0.1) is 16.2 Å². The summed E-state index contributed by atoms with van der Waals surface area (Å²) in [6.07, 6.45) is 4.15. The van der Waals surface area contributed by atoms with Gasteiger partial charge in [0.2, 0.25) is 5.91 Å². The highest BCUT2D eigenvalue weighted by Crippen LogP contribution is 2.34. The van der Waals surface area contributed by atoms with Gasteiger partial charge in [0.25, 0.3) is 0 Å². The van der Waals surface area contributed by atoms with Crippen LogP contribution in [0.1, 0.15) is 25.7 Å². The van der Waals surface area contributed by atoms with E-state index in [1.807, 2.05) is 0 Å². The van der Waals surface area contributed by atoms with Gasteiger partial charge in [0, 0.05) is 42.4 Å². The van der Waals surface area contributed by atoms with Crippen LogP contribution >= 0.6 is 11.6 Å². The summed E-state index contributed by atoms with van der Waals surface area (Å²) in [7, 11) is 0. The van der Waals surface area contributed by atoms with E-state index in [1.54, 1.807) is 12.1 Å². The number of likely N-dealkylation sites (tertiary alicyclic amines) is 1. The molecule has 3 heterocycles. The van der Waals surface area contributed by atoms with Crippen molar-refractivity contribution in [2.24, 2.45) is 5.92 Å². The summed E-state index contributed by atoms with van der Waals surface area (Å²) in [4.78, 5) is 47.1. The zero-order valence-corrected chi connectivity index (χ0v) is 23.0. The van der Waals surface area contributed by atoms with Gasteiger partial charge in [0.15, 0.2) is 11.9 Å². The quantitative estimate of drug-likeness (QED) is 0.260. The molecule has 2 aliphatic heterocycles. The summed E-state index contributed by atoms with van der Waals surface area (Å²) in [5, 5.41) is 6.46. The predicted octanol–water partition coefficient (Wildman–Crippen LogP) is 4.66. The maximum Gasteiger partial charge on any atom is 0.306 e. The first-order valence-corrected chi connectivity index (χ1v) is 13.7. The molecule has 12 heteroatoms. The number of amides is 1. The minimum Gasteiger partial charge on any atom is -0.490 e. The van der Waals surface area contributed by atoms with E-state index in [4.69, 9.17) is 21.1 Å². The number of nitrogens with one attached hydrogen (secondary N) is 2. The Morgan fingerprint density at radius 2 is 2.00 bits per heavy atom. The number of esters is 1. The molecule has 0 aliphatic carbocycles. The number of carbonyl (C=O) groups excluding carboxylic acids is 3. The molecule has 1 atom stereocenters. The molecule has 2 saturated heterocycles. The van der Waals surface area contributed by atoms with Gasteiger partial charge in [-0.2, -0.15) is 0 Å². The normalized spacial score (nSPS) is 17.7. The highest BCUT2D eigenvalue weighted by Gasteiger charge is 2.35. The van der Waals surface area contributed by atoms with E-state index < -0.39 is 17.8 Å². The van der Waals surface area contributed by atoms with Crippen LogP contribution in [-0.4, -0.2) is 64.9 Å². The second-order valence-corrected chi connectivity index (χ2v) is 10.3. The highest BCUT2D eigenvalue weighted by atomic mass is 35.5. The van der Waals surface area contributed by atoms with Gasteiger partial charge < -0.3 is 20.1 Å². The molecule has 41 heavy (non-hydrogen) atoms. The largest absolute Gasteiger partial charge is 0.490 e. The number of cyclic esters (lactones) is 1. The van der Waals surface area contributed by atoms with Gasteiger partial charge in [-0.3, -0.25) is 19.3 Å². The third-order valence-corrected chi connectivity index (χ3v) is 7.51. The molecule has 0 spiro atoms. The number of aromatic nitrogens is 2. The van der Waals surface area contributed by atoms with E-state index in [-0.39, 0.29) is 22.7 Å². The van der Waals surface area contributed by atoms with Crippen molar-refractivity contribution in [3.8, 4) is 5.75 Å². The van der Waals surface area contributed by atoms with Crippen molar-refractivity contribution in [2.45, 2.75) is 31.8 Å². The smallest absolute Gasteiger partial charge is 0.306 e. The van der Waals surface area contributed by atoms with Gasteiger partial charge in [0.1, 0.15) is 30.3 Å². The minimum atomic E-state index is -0.590. The lowest BCUT2D eigenvalue weighted by Crippen LogP contribution is -2.41. The summed E-state index contributed by atoms with van der Waals surface area (Å²) < 4.78 is 24.8. The molecule has 2 fully saturated rings. The van der Waals surface area contributed by atoms with Crippen LogP contribution in [0.3, 0.4) is 0 Å². The lowest BCUT2D eigenvalue weighted by molar-refractivity contribution is -0.149. The van der Waals surface area contributed by atoms with Crippen LogP contribution in [-0.2, 0) is 19.1 Å².